The number of ether oxygens (including phenoxy) is 2. The number of carboxylic acid groups (broad SMARTS) is 1. The van der Waals surface area contributed by atoms with Gasteiger partial charge in [0.2, 0.25) is 0 Å². The van der Waals surface area contributed by atoms with E-state index in [1.165, 1.54) is 11.1 Å². The van der Waals surface area contributed by atoms with Crippen molar-refractivity contribution in [1.29, 1.82) is 0 Å². The monoisotopic (exact) mass is 560 g/mol. The normalized spacial score (nSPS) is 16.3. The SMILES string of the molecule is COc1ccc(SCCN2CCC(CC[C@H](F)c3c(Cl)cnc4ccc(OC)cc34)(CC(=O)O)CC2)cc1. The summed E-state index contributed by atoms with van der Waals surface area (Å²) in [5.74, 6) is 1.56. The van der Waals surface area contributed by atoms with Crippen molar-refractivity contribution in [3.05, 3.63) is 59.2 Å². The second-order valence-corrected chi connectivity index (χ2v) is 11.4. The number of nitrogens with zero attached hydrogens (tertiary/aromatic N) is 2. The van der Waals surface area contributed by atoms with E-state index in [1.807, 2.05) is 12.1 Å². The largest absolute Gasteiger partial charge is 0.497 e. The molecule has 1 N–H and O–H groups in total. The van der Waals surface area contributed by atoms with Crippen LogP contribution >= 0.6 is 23.4 Å². The molecule has 4 rings (SSSR count). The van der Waals surface area contributed by atoms with E-state index in [2.05, 4.69) is 22.0 Å². The number of likely N-dealkylation sites (tertiary alicyclic amines) is 1. The second kappa shape index (κ2) is 13.0. The van der Waals surface area contributed by atoms with E-state index in [0.717, 1.165) is 44.0 Å². The maximum Gasteiger partial charge on any atom is 0.303 e. The molecule has 2 heterocycles. The highest BCUT2D eigenvalue weighted by molar-refractivity contribution is 7.99. The van der Waals surface area contributed by atoms with Crippen LogP contribution in [0, 0.1) is 5.41 Å². The van der Waals surface area contributed by atoms with Crippen LogP contribution in [0.3, 0.4) is 0 Å². The maximum atomic E-state index is 15.8. The molecule has 0 amide bonds. The molecule has 2 aromatic carbocycles. The molecule has 0 saturated carbocycles. The van der Waals surface area contributed by atoms with Gasteiger partial charge in [0.05, 0.1) is 31.2 Å². The minimum absolute atomic E-state index is 0.0484. The smallest absolute Gasteiger partial charge is 0.303 e. The third-order valence-electron chi connectivity index (χ3n) is 7.49. The summed E-state index contributed by atoms with van der Waals surface area (Å²) >= 11 is 8.20. The molecule has 1 aromatic heterocycles. The average molecular weight is 561 g/mol. The lowest BCUT2D eigenvalue weighted by molar-refractivity contribution is -0.141. The molecule has 0 bridgehead atoms. The summed E-state index contributed by atoms with van der Waals surface area (Å²) < 4.78 is 26.3. The highest BCUT2D eigenvalue weighted by Gasteiger charge is 2.37. The average Bonchev–Trinajstić information content (AvgIpc) is 2.92. The number of pyridine rings is 1. The van der Waals surface area contributed by atoms with E-state index in [-0.39, 0.29) is 17.9 Å². The zero-order chi connectivity index (χ0) is 27.1. The number of aromatic nitrogens is 1. The molecule has 0 spiro atoms. The first-order valence-electron chi connectivity index (χ1n) is 12.8. The molecule has 3 aromatic rings. The van der Waals surface area contributed by atoms with E-state index in [1.54, 1.807) is 44.2 Å². The maximum absolute atomic E-state index is 15.8. The molecule has 1 fully saturated rings. The Kier molecular flexibility index (Phi) is 9.74. The molecular weight excluding hydrogens is 527 g/mol. The Morgan fingerprint density at radius 1 is 1.16 bits per heavy atom. The van der Waals surface area contributed by atoms with Crippen LogP contribution in [0.2, 0.25) is 5.02 Å². The molecule has 38 heavy (non-hydrogen) atoms. The van der Waals surface area contributed by atoms with Gasteiger partial charge in [-0.25, -0.2) is 4.39 Å². The molecule has 9 heteroatoms. The van der Waals surface area contributed by atoms with Crippen molar-refractivity contribution in [2.75, 3.05) is 39.6 Å². The number of carbonyl (C=O) groups is 1. The number of hydrogen-bond acceptors (Lipinski definition) is 6. The number of hydrogen-bond donors (Lipinski definition) is 1. The van der Waals surface area contributed by atoms with Crippen molar-refractivity contribution in [3.63, 3.8) is 0 Å². The van der Waals surface area contributed by atoms with Gasteiger partial charge >= 0.3 is 5.97 Å². The van der Waals surface area contributed by atoms with Crippen molar-refractivity contribution >= 4 is 40.2 Å². The molecule has 0 unspecified atom stereocenters. The standard InChI is InChI=1S/C29H34ClFN2O4S/c1-36-20-3-6-22(7-4-20)38-16-15-33-13-11-29(12-14-33,18-27(34)35)10-9-25(31)28-23-17-21(37-2)5-8-26(23)32-19-24(28)30/h3-8,17,19,25H,9-16,18H2,1-2H3,(H,34,35)/t25-/m0/s1. The van der Waals surface area contributed by atoms with Gasteiger partial charge < -0.3 is 19.5 Å². The van der Waals surface area contributed by atoms with E-state index in [0.29, 0.717) is 28.6 Å². The molecule has 204 valence electrons. The summed E-state index contributed by atoms with van der Waals surface area (Å²) in [6.45, 7) is 2.54. The molecule has 6 nitrogen and oxygen atoms in total. The Morgan fingerprint density at radius 2 is 1.84 bits per heavy atom. The number of rotatable bonds is 12. The highest BCUT2D eigenvalue weighted by atomic mass is 35.5. The zero-order valence-corrected chi connectivity index (χ0v) is 23.4. The molecule has 1 saturated heterocycles. The number of carboxylic acids is 1. The lowest BCUT2D eigenvalue weighted by Crippen LogP contribution is -2.42. The number of piperidine rings is 1. The fourth-order valence-corrected chi connectivity index (χ4v) is 6.42. The lowest BCUT2D eigenvalue weighted by Gasteiger charge is -2.41. The van der Waals surface area contributed by atoms with Crippen LogP contribution in [-0.4, -0.2) is 60.6 Å². The summed E-state index contributed by atoms with van der Waals surface area (Å²) in [5.41, 5.74) is 0.617. The van der Waals surface area contributed by atoms with Gasteiger partial charge in [0.15, 0.2) is 0 Å². The lowest BCUT2D eigenvalue weighted by atomic mass is 9.71. The van der Waals surface area contributed by atoms with Gasteiger partial charge in [-0.1, -0.05) is 11.6 Å². The van der Waals surface area contributed by atoms with Crippen molar-refractivity contribution in [2.45, 2.75) is 43.2 Å². The Morgan fingerprint density at radius 3 is 2.50 bits per heavy atom. The van der Waals surface area contributed by atoms with E-state index in [9.17, 15) is 9.90 Å². The van der Waals surface area contributed by atoms with Crippen molar-refractivity contribution < 1.29 is 23.8 Å². The van der Waals surface area contributed by atoms with Gasteiger partial charge in [-0.2, -0.15) is 0 Å². The number of fused-ring (bicyclic) bond motifs is 1. The first-order valence-corrected chi connectivity index (χ1v) is 14.2. The fraction of sp³-hybridized carbons (Fsp3) is 0.448. The van der Waals surface area contributed by atoms with Crippen molar-refractivity contribution in [3.8, 4) is 11.5 Å². The summed E-state index contributed by atoms with van der Waals surface area (Å²) in [6, 6.07) is 13.4. The Hall–Kier alpha value is -2.55. The van der Waals surface area contributed by atoms with Crippen LogP contribution in [-0.2, 0) is 4.79 Å². The zero-order valence-electron chi connectivity index (χ0n) is 21.8. The van der Waals surface area contributed by atoms with E-state index >= 15 is 4.39 Å². The van der Waals surface area contributed by atoms with Gasteiger partial charge in [-0.05, 0) is 86.7 Å². The minimum Gasteiger partial charge on any atom is -0.497 e. The number of thioether (sulfide) groups is 1. The Labute approximate surface area is 232 Å². The topological polar surface area (TPSA) is 71.9 Å². The summed E-state index contributed by atoms with van der Waals surface area (Å²) in [4.78, 5) is 19.7. The first-order chi connectivity index (χ1) is 18.3. The van der Waals surface area contributed by atoms with Crippen LogP contribution in [0.5, 0.6) is 11.5 Å². The van der Waals surface area contributed by atoms with Crippen LogP contribution in [0.25, 0.3) is 10.9 Å². The molecule has 1 atom stereocenters. The number of methoxy groups -OCH3 is 2. The number of benzene rings is 2. The molecule has 0 radical (unpaired) electrons. The third-order valence-corrected chi connectivity index (χ3v) is 8.78. The minimum atomic E-state index is -1.33. The second-order valence-electron chi connectivity index (χ2n) is 9.85. The Bertz CT molecular complexity index is 1240. The third kappa shape index (κ3) is 7.10. The van der Waals surface area contributed by atoms with Crippen LogP contribution in [0.4, 0.5) is 4.39 Å². The quantitative estimate of drug-likeness (QED) is 0.238. The molecular formula is C29H34ClFN2O4S. The number of alkyl halides is 1. The van der Waals surface area contributed by atoms with Crippen LogP contribution in [0.15, 0.2) is 53.6 Å². The predicted octanol–water partition coefficient (Wildman–Crippen LogP) is 7.05. The first kappa shape index (κ1) is 28.5. The molecule has 1 aliphatic heterocycles. The number of halogens is 2. The molecule has 1 aliphatic rings. The molecule has 0 aliphatic carbocycles. The summed E-state index contributed by atoms with van der Waals surface area (Å²) in [5, 5.41) is 10.6. The van der Waals surface area contributed by atoms with Crippen LogP contribution in [0.1, 0.15) is 43.8 Å². The van der Waals surface area contributed by atoms with Gasteiger partial charge in [0, 0.05) is 34.3 Å². The highest BCUT2D eigenvalue weighted by Crippen LogP contribution is 2.44. The Balaban J connectivity index is 1.36. The van der Waals surface area contributed by atoms with Crippen molar-refractivity contribution in [1.82, 2.24) is 9.88 Å². The van der Waals surface area contributed by atoms with Gasteiger partial charge in [-0.15, -0.1) is 11.8 Å². The van der Waals surface area contributed by atoms with Crippen LogP contribution < -0.4 is 9.47 Å². The number of aliphatic carboxylic acids is 1. The van der Waals surface area contributed by atoms with E-state index < -0.39 is 17.6 Å². The van der Waals surface area contributed by atoms with Gasteiger partial charge in [0.1, 0.15) is 17.7 Å². The summed E-state index contributed by atoms with van der Waals surface area (Å²) in [7, 11) is 3.22. The predicted molar refractivity (Wildman–Crippen MR) is 150 cm³/mol. The fourth-order valence-electron chi connectivity index (χ4n) is 5.24. The van der Waals surface area contributed by atoms with Gasteiger partial charge in [0.25, 0.3) is 0 Å². The summed E-state index contributed by atoms with van der Waals surface area (Å²) in [6.07, 6.45) is 2.36. The van der Waals surface area contributed by atoms with Crippen molar-refractivity contribution in [2.24, 2.45) is 5.41 Å². The van der Waals surface area contributed by atoms with Gasteiger partial charge in [-0.3, -0.25) is 9.78 Å². The van der Waals surface area contributed by atoms with E-state index in [4.69, 9.17) is 21.1 Å².